The second-order valence-corrected chi connectivity index (χ2v) is 6.53. The molecule has 3 heterocycles. The zero-order chi connectivity index (χ0) is 15.4. The molecule has 5 nitrogen and oxygen atoms in total. The highest BCUT2D eigenvalue weighted by atomic mass is 32.1. The summed E-state index contributed by atoms with van der Waals surface area (Å²) in [5.74, 6) is 0. The Morgan fingerprint density at radius 3 is 3.00 bits per heavy atom. The summed E-state index contributed by atoms with van der Waals surface area (Å²) >= 11 is 1.65. The van der Waals surface area contributed by atoms with Crippen LogP contribution in [0.4, 0.5) is 4.79 Å². The number of aromatic nitrogens is 2. The molecular weight excluding hydrogens is 296 g/mol. The average molecular weight is 316 g/mol. The summed E-state index contributed by atoms with van der Waals surface area (Å²) in [7, 11) is 0. The number of likely N-dealkylation sites (tertiary alicyclic amines) is 1. The lowest BCUT2D eigenvalue weighted by Gasteiger charge is -2.25. The van der Waals surface area contributed by atoms with Gasteiger partial charge in [-0.3, -0.25) is 4.98 Å². The van der Waals surface area contributed by atoms with Crippen LogP contribution in [0.25, 0.3) is 0 Å². The first-order valence-electron chi connectivity index (χ1n) is 7.59. The molecule has 0 radical (unpaired) electrons. The van der Waals surface area contributed by atoms with E-state index in [0.29, 0.717) is 6.54 Å². The Morgan fingerprint density at radius 2 is 2.27 bits per heavy atom. The molecule has 1 aliphatic rings. The van der Waals surface area contributed by atoms with Crippen molar-refractivity contribution in [2.75, 3.05) is 13.1 Å². The van der Waals surface area contributed by atoms with Crippen LogP contribution in [0.15, 0.2) is 29.9 Å². The number of pyridine rings is 1. The Labute approximate surface area is 134 Å². The van der Waals surface area contributed by atoms with Gasteiger partial charge in [0.25, 0.3) is 0 Å². The fourth-order valence-corrected chi connectivity index (χ4v) is 3.51. The summed E-state index contributed by atoms with van der Waals surface area (Å²) in [5, 5.41) is 6.14. The van der Waals surface area contributed by atoms with Crippen molar-refractivity contribution in [3.05, 3.63) is 46.2 Å². The molecule has 0 aromatic carbocycles. The smallest absolute Gasteiger partial charge is 0.317 e. The van der Waals surface area contributed by atoms with Crippen molar-refractivity contribution in [2.24, 2.45) is 0 Å². The van der Waals surface area contributed by atoms with Crippen LogP contribution < -0.4 is 5.32 Å². The molecule has 2 aromatic heterocycles. The van der Waals surface area contributed by atoms with E-state index in [9.17, 15) is 4.79 Å². The molecule has 22 heavy (non-hydrogen) atoms. The SMILES string of the molecule is Cc1nc(CCNC(=O)N2CCCC2c2ccncc2)cs1. The van der Waals surface area contributed by atoms with E-state index in [1.165, 1.54) is 0 Å². The van der Waals surface area contributed by atoms with Crippen molar-refractivity contribution in [3.63, 3.8) is 0 Å². The van der Waals surface area contributed by atoms with E-state index in [-0.39, 0.29) is 12.1 Å². The molecule has 1 aliphatic heterocycles. The lowest BCUT2D eigenvalue weighted by molar-refractivity contribution is 0.193. The van der Waals surface area contributed by atoms with Gasteiger partial charge in [0.05, 0.1) is 16.7 Å². The average Bonchev–Trinajstić information content (AvgIpc) is 3.17. The van der Waals surface area contributed by atoms with Crippen LogP contribution in [0.5, 0.6) is 0 Å². The number of thiazole rings is 1. The maximum Gasteiger partial charge on any atom is 0.317 e. The summed E-state index contributed by atoms with van der Waals surface area (Å²) in [6.45, 7) is 3.44. The van der Waals surface area contributed by atoms with Crippen LogP contribution in [0, 0.1) is 6.92 Å². The first-order valence-corrected chi connectivity index (χ1v) is 8.47. The standard InChI is InChI=1S/C16H20N4OS/c1-12-19-14(11-22-12)6-9-18-16(21)20-10-2-3-15(20)13-4-7-17-8-5-13/h4-5,7-8,11,15H,2-3,6,9-10H2,1H3,(H,18,21). The zero-order valence-electron chi connectivity index (χ0n) is 12.7. The van der Waals surface area contributed by atoms with E-state index in [2.05, 4.69) is 20.7 Å². The van der Waals surface area contributed by atoms with E-state index < -0.39 is 0 Å². The minimum atomic E-state index is 0.0197. The molecule has 1 fully saturated rings. The van der Waals surface area contributed by atoms with Crippen LogP contribution in [0.3, 0.4) is 0 Å². The van der Waals surface area contributed by atoms with Crippen molar-refractivity contribution in [1.82, 2.24) is 20.2 Å². The molecule has 2 amide bonds. The minimum absolute atomic E-state index is 0.0197. The van der Waals surface area contributed by atoms with Gasteiger partial charge in [-0.25, -0.2) is 9.78 Å². The molecule has 6 heteroatoms. The van der Waals surface area contributed by atoms with E-state index in [1.807, 2.05) is 24.0 Å². The number of rotatable bonds is 4. The molecule has 0 aliphatic carbocycles. The maximum absolute atomic E-state index is 12.4. The van der Waals surface area contributed by atoms with Gasteiger partial charge in [0.2, 0.25) is 0 Å². The Kier molecular flexibility index (Phi) is 4.68. The number of urea groups is 1. The van der Waals surface area contributed by atoms with Gasteiger partial charge >= 0.3 is 6.03 Å². The molecule has 1 saturated heterocycles. The van der Waals surface area contributed by atoms with E-state index in [4.69, 9.17) is 0 Å². The number of carbonyl (C=O) groups is 1. The summed E-state index contributed by atoms with van der Waals surface area (Å²) in [4.78, 5) is 22.8. The molecule has 0 saturated carbocycles. The van der Waals surface area contributed by atoms with Gasteiger partial charge in [-0.1, -0.05) is 0 Å². The number of carbonyl (C=O) groups excluding carboxylic acids is 1. The summed E-state index contributed by atoms with van der Waals surface area (Å²) in [6, 6.07) is 4.18. The van der Waals surface area contributed by atoms with Crippen molar-refractivity contribution in [1.29, 1.82) is 0 Å². The largest absolute Gasteiger partial charge is 0.338 e. The predicted octanol–water partition coefficient (Wildman–Crippen LogP) is 2.94. The highest BCUT2D eigenvalue weighted by Crippen LogP contribution is 2.31. The minimum Gasteiger partial charge on any atom is -0.338 e. The molecule has 0 bridgehead atoms. The van der Waals surface area contributed by atoms with Gasteiger partial charge in [-0.2, -0.15) is 0 Å². The topological polar surface area (TPSA) is 58.1 Å². The second kappa shape index (κ2) is 6.87. The fraction of sp³-hybridized carbons (Fsp3) is 0.438. The summed E-state index contributed by atoms with van der Waals surface area (Å²) in [6.07, 6.45) is 6.42. The number of hydrogen-bond donors (Lipinski definition) is 1. The van der Waals surface area contributed by atoms with Crippen molar-refractivity contribution >= 4 is 17.4 Å². The lowest BCUT2D eigenvalue weighted by atomic mass is 10.1. The quantitative estimate of drug-likeness (QED) is 0.943. The normalized spacial score (nSPS) is 17.7. The fourth-order valence-electron chi connectivity index (χ4n) is 2.86. The van der Waals surface area contributed by atoms with Crippen molar-refractivity contribution < 1.29 is 4.79 Å². The van der Waals surface area contributed by atoms with E-state index >= 15 is 0 Å². The Bertz CT molecular complexity index is 628. The third-order valence-corrected chi connectivity index (χ3v) is 4.75. The van der Waals surface area contributed by atoms with Crippen LogP contribution in [-0.4, -0.2) is 34.0 Å². The Balaban J connectivity index is 1.55. The Hall–Kier alpha value is -1.95. The van der Waals surface area contributed by atoms with Gasteiger partial charge in [-0.05, 0) is 37.5 Å². The zero-order valence-corrected chi connectivity index (χ0v) is 13.5. The van der Waals surface area contributed by atoms with Crippen molar-refractivity contribution in [2.45, 2.75) is 32.2 Å². The molecule has 1 unspecified atom stereocenters. The van der Waals surface area contributed by atoms with Crippen molar-refractivity contribution in [3.8, 4) is 0 Å². The molecule has 2 aromatic rings. The highest BCUT2D eigenvalue weighted by Gasteiger charge is 2.29. The third-order valence-electron chi connectivity index (χ3n) is 3.93. The number of hydrogen-bond acceptors (Lipinski definition) is 4. The van der Waals surface area contributed by atoms with Crippen LogP contribution in [0.1, 0.15) is 35.1 Å². The molecule has 3 rings (SSSR count). The number of aryl methyl sites for hydroxylation is 1. The first kappa shape index (κ1) is 15.0. The second-order valence-electron chi connectivity index (χ2n) is 5.47. The molecule has 1 atom stereocenters. The van der Waals surface area contributed by atoms with E-state index in [0.717, 1.165) is 42.1 Å². The molecule has 1 N–H and O–H groups in total. The third kappa shape index (κ3) is 3.44. The number of nitrogens with one attached hydrogen (secondary N) is 1. The van der Waals surface area contributed by atoms with Gasteiger partial charge in [-0.15, -0.1) is 11.3 Å². The monoisotopic (exact) mass is 316 g/mol. The summed E-state index contributed by atoms with van der Waals surface area (Å²) < 4.78 is 0. The Morgan fingerprint density at radius 1 is 1.45 bits per heavy atom. The van der Waals surface area contributed by atoms with Gasteiger partial charge in [0.1, 0.15) is 0 Å². The van der Waals surface area contributed by atoms with Gasteiger partial charge < -0.3 is 10.2 Å². The van der Waals surface area contributed by atoms with Gasteiger partial charge in [0, 0.05) is 37.3 Å². The highest BCUT2D eigenvalue weighted by molar-refractivity contribution is 7.09. The predicted molar refractivity (Wildman–Crippen MR) is 86.9 cm³/mol. The van der Waals surface area contributed by atoms with Crippen LogP contribution in [0.2, 0.25) is 0 Å². The van der Waals surface area contributed by atoms with E-state index in [1.54, 1.807) is 23.7 Å². The first-order chi connectivity index (χ1) is 10.7. The summed E-state index contributed by atoms with van der Waals surface area (Å²) in [5.41, 5.74) is 2.22. The maximum atomic E-state index is 12.4. The molecular formula is C16H20N4OS. The lowest BCUT2D eigenvalue weighted by Crippen LogP contribution is -2.40. The van der Waals surface area contributed by atoms with Crippen LogP contribution >= 0.6 is 11.3 Å². The molecule has 116 valence electrons. The number of amides is 2. The molecule has 0 spiro atoms. The number of nitrogens with zero attached hydrogens (tertiary/aromatic N) is 3. The van der Waals surface area contributed by atoms with Gasteiger partial charge in [0.15, 0.2) is 0 Å². The van der Waals surface area contributed by atoms with Crippen LogP contribution in [-0.2, 0) is 6.42 Å².